The summed E-state index contributed by atoms with van der Waals surface area (Å²) in [6.07, 6.45) is 0. The van der Waals surface area contributed by atoms with Crippen molar-refractivity contribution in [3.05, 3.63) is 518 Å². The second kappa shape index (κ2) is 32.1. The molecule has 0 aromatic heterocycles. The van der Waals surface area contributed by atoms with E-state index in [1.807, 2.05) is 0 Å². The van der Waals surface area contributed by atoms with Gasteiger partial charge in [0.15, 0.2) is 0 Å². The van der Waals surface area contributed by atoms with Crippen LogP contribution in [0.1, 0.15) is 44.5 Å². The normalized spacial score (nSPS) is 13.5. The molecule has 2 aliphatic carbocycles. The van der Waals surface area contributed by atoms with E-state index in [9.17, 15) is 0 Å². The molecule has 130 heavy (non-hydrogen) atoms. The monoisotopic (exact) mass is 1900 g/mol. The summed E-state index contributed by atoms with van der Waals surface area (Å²) in [4.78, 5) is 0. The van der Waals surface area contributed by atoms with Crippen molar-refractivity contribution in [2.24, 2.45) is 0 Å². The van der Waals surface area contributed by atoms with Gasteiger partial charge in [-0.3, -0.25) is 0 Å². The van der Waals surface area contributed by atoms with Crippen molar-refractivity contribution in [2.45, 2.75) is 10.8 Å². The van der Waals surface area contributed by atoms with Gasteiger partial charge in [0.1, 0.15) is 0 Å². The molecule has 0 amide bonds. The third-order valence-electron chi connectivity index (χ3n) is 29.1. The summed E-state index contributed by atoms with van der Waals surface area (Å²) < 4.78 is 9.30. The van der Waals surface area contributed by atoms with Gasteiger partial charge in [0.2, 0.25) is 0 Å². The Bertz CT molecular complexity index is 8300. The molecule has 0 spiro atoms. The van der Waals surface area contributed by atoms with Crippen LogP contribution < -0.4 is 26.4 Å². The van der Waals surface area contributed by atoms with Crippen molar-refractivity contribution in [1.82, 2.24) is 0 Å². The van der Waals surface area contributed by atoms with Gasteiger partial charge in [0.25, 0.3) is 0 Å². The topological polar surface area (TPSA) is 0 Å². The van der Waals surface area contributed by atoms with E-state index >= 15 is 0 Å². The Morgan fingerprint density at radius 1 is 0.154 bits per heavy atom. The van der Waals surface area contributed by atoms with Crippen LogP contribution >= 0.6 is 0 Å². The quantitative estimate of drug-likeness (QED) is 0.0845. The standard InChI is InChI=1S/2C63H44Ge2/c64-58-36-11-8-24-45(58)41-19-13-18-40(38-41)44-27-14-29-48-54(44)39-55-46(50-31-16-32-51-47-25-9-12-37-59(47)65-62(50)51)28-15-30-49(55)60(48)53-33-17-35-57-61(53)52-26-7-10-34-56(52)63(57,42-20-3-1-4-21-42)43-22-5-2-6-23-43;64-57-36-13-10-25-46(57)43-24-8-7-23-42(43)44-28-15-30-48-53(44)39-54-45(47-32-18-38-59-62(47)51-27-11-14-37-58(51)65-59)29-16-31-49(54)60(48)52-33-17-35-56-61(52)50-26-9-12-34-55(50)63(56,40-19-3-1-4-20-40)41-21-5-2-6-22-41/h2*1-39H,65H2,64H3. The second-order valence-electron chi connectivity index (χ2n) is 35.7. The molecule has 0 atom stereocenters. The predicted molar refractivity (Wildman–Crippen MR) is 567 cm³/mol. The van der Waals surface area contributed by atoms with E-state index in [2.05, 4.69) is 473 Å². The van der Waals surface area contributed by atoms with Crippen LogP contribution in [0.3, 0.4) is 0 Å². The van der Waals surface area contributed by atoms with Crippen LogP contribution in [0.5, 0.6) is 0 Å². The Kier molecular flexibility index (Phi) is 19.3. The Morgan fingerprint density at radius 3 is 0.954 bits per heavy atom. The van der Waals surface area contributed by atoms with E-state index in [0.29, 0.717) is 33.0 Å². The number of rotatable bonds is 12. The van der Waals surface area contributed by atoms with Gasteiger partial charge in [0.05, 0.1) is 0 Å². The zero-order chi connectivity index (χ0) is 86.1. The SMILES string of the molecule is [GeH3][c]1ccccc1-c1cccc(-c2cccc3c(-c4cccc5c4-c4ccccc4C5(c4ccccc4)c4ccccc4)c4cccc(-c5cccc6[c]5[GeH2][c]5ccccc5-6)c4cc23)c1.[GeH3][c]1ccccc1-c1ccccc1-c1cccc2c(-c3cccc4c3-c3ccccc3C4(c3ccccc3)c3ccccc3)c3cccc(-c4ccc[c]5c4-c4cccc[c]4[GeH2]5)c3cc12. The van der Waals surface area contributed by atoms with Gasteiger partial charge in [-0.15, -0.1) is 0 Å². The van der Waals surface area contributed by atoms with Crippen molar-refractivity contribution in [1.29, 1.82) is 0 Å². The molecule has 2 heterocycles. The minimum atomic E-state index is -1.25. The maximum absolute atomic E-state index is 2.54. The molecular formula is C126H88Ge4. The summed E-state index contributed by atoms with van der Waals surface area (Å²) in [7, 11) is 0. The number of fused-ring (bicyclic) bond motifs is 16. The molecule has 0 nitrogen and oxygen atoms in total. The van der Waals surface area contributed by atoms with Crippen molar-refractivity contribution in [3.8, 4) is 134 Å². The van der Waals surface area contributed by atoms with Crippen molar-refractivity contribution in [3.63, 3.8) is 0 Å². The molecule has 0 saturated heterocycles. The fourth-order valence-corrected chi connectivity index (χ4v) is 34.9. The summed E-state index contributed by atoms with van der Waals surface area (Å²) in [5, 5.41) is 10.3. The molecular weight excluding hydrogens is 1800 g/mol. The van der Waals surface area contributed by atoms with Crippen LogP contribution in [0.15, 0.2) is 473 Å². The summed E-state index contributed by atoms with van der Waals surface area (Å²) >= 11 is -1.27. The van der Waals surface area contributed by atoms with Crippen LogP contribution in [-0.4, -0.2) is 63.9 Å². The molecule has 0 saturated carbocycles. The summed E-state index contributed by atoms with van der Waals surface area (Å²) in [5.41, 5.74) is 41.2. The molecule has 0 N–H and O–H groups in total. The van der Waals surface area contributed by atoms with E-state index in [0.717, 1.165) is 0 Å². The predicted octanol–water partition coefficient (Wildman–Crippen LogP) is 24.2. The Morgan fingerprint density at radius 2 is 0.454 bits per heavy atom. The van der Waals surface area contributed by atoms with E-state index in [1.54, 1.807) is 17.6 Å². The van der Waals surface area contributed by atoms with Crippen LogP contribution in [0.25, 0.3) is 177 Å². The zero-order valence-corrected chi connectivity index (χ0v) is 86.8. The van der Waals surface area contributed by atoms with E-state index in [4.69, 9.17) is 0 Å². The Hall–Kier alpha value is -13.9. The van der Waals surface area contributed by atoms with Gasteiger partial charge < -0.3 is 0 Å². The van der Waals surface area contributed by atoms with Crippen molar-refractivity contribution >= 4 is 133 Å². The van der Waals surface area contributed by atoms with Gasteiger partial charge in [0, 0.05) is 0 Å². The molecule has 26 rings (SSSR count). The summed E-state index contributed by atoms with van der Waals surface area (Å²) in [6.45, 7) is 0. The van der Waals surface area contributed by atoms with Gasteiger partial charge in [-0.05, 0) is 0 Å². The van der Waals surface area contributed by atoms with Gasteiger partial charge in [-0.25, -0.2) is 0 Å². The average Bonchev–Trinajstić information content (AvgIpc) is 1.49. The molecule has 608 valence electrons. The van der Waals surface area contributed by atoms with Crippen LogP contribution in [0.4, 0.5) is 0 Å². The van der Waals surface area contributed by atoms with Gasteiger partial charge in [-0.1, -0.05) is 103 Å². The first kappa shape index (κ1) is 78.3. The molecule has 22 aromatic rings. The van der Waals surface area contributed by atoms with E-state index in [-0.39, 0.29) is 0 Å². The fourth-order valence-electron chi connectivity index (χ4n) is 23.7. The molecule has 4 heteroatoms. The van der Waals surface area contributed by atoms with Gasteiger partial charge >= 0.3 is 692 Å². The maximum atomic E-state index is 2.54. The Balaban J connectivity index is 0.000000140. The summed E-state index contributed by atoms with van der Waals surface area (Å²) in [5.74, 6) is 0. The van der Waals surface area contributed by atoms with E-state index < -0.39 is 41.7 Å². The third kappa shape index (κ3) is 12.2. The molecule has 2 aliphatic heterocycles. The molecule has 0 radical (unpaired) electrons. The van der Waals surface area contributed by atoms with E-state index in [1.165, 1.54) is 230 Å². The Labute approximate surface area is 788 Å². The average molecular weight is 1890 g/mol. The second-order valence-corrected chi connectivity index (χ2v) is 48.0. The first-order chi connectivity index (χ1) is 64.4. The molecule has 4 aliphatic rings. The molecule has 0 unspecified atom stereocenters. The van der Waals surface area contributed by atoms with Crippen molar-refractivity contribution in [2.75, 3.05) is 0 Å². The fraction of sp³-hybridized carbons (Fsp3) is 0.0159. The number of hydrogen-bond acceptors (Lipinski definition) is 0. The van der Waals surface area contributed by atoms with Gasteiger partial charge in [-0.2, -0.15) is 0 Å². The first-order valence-electron chi connectivity index (χ1n) is 45.8. The first-order valence-corrected chi connectivity index (χ1v) is 55.9. The van der Waals surface area contributed by atoms with Crippen LogP contribution in [-0.2, 0) is 10.8 Å². The van der Waals surface area contributed by atoms with Crippen molar-refractivity contribution < 1.29 is 0 Å². The minimum absolute atomic E-state index is 0.493. The molecule has 0 fully saturated rings. The molecule has 22 aromatic carbocycles. The summed E-state index contributed by atoms with van der Waals surface area (Å²) in [6, 6.07) is 180. The molecule has 0 bridgehead atoms. The number of hydrogen-bond donors (Lipinski definition) is 0. The van der Waals surface area contributed by atoms with Crippen LogP contribution in [0.2, 0.25) is 0 Å². The number of benzene rings is 22. The zero-order valence-electron chi connectivity index (χ0n) is 72.4. The third-order valence-corrected chi connectivity index (χ3v) is 41.3. The van der Waals surface area contributed by atoms with Crippen LogP contribution in [0, 0.1) is 0 Å².